The van der Waals surface area contributed by atoms with Gasteiger partial charge >= 0.3 is 23.9 Å². The smallest absolute Gasteiger partial charge is 0.333 e. The fourth-order valence-corrected chi connectivity index (χ4v) is 9.95. The number of aliphatic carboxylic acids is 2. The number of carbonyl (C=O) groups excluding carboxylic acids is 2. The molecule has 8 saturated carbocycles. The minimum Gasteiger partial charge on any atom is -0.480 e. The van der Waals surface area contributed by atoms with Gasteiger partial charge in [0.2, 0.25) is 0 Å². The highest BCUT2D eigenvalue weighted by molar-refractivity contribution is 5.87. The van der Waals surface area contributed by atoms with Crippen LogP contribution in [0.4, 0.5) is 0 Å². The molecule has 10 heteroatoms. The van der Waals surface area contributed by atoms with Crippen LogP contribution in [0, 0.1) is 23.7 Å². The molecule has 0 aliphatic heterocycles. The van der Waals surface area contributed by atoms with Crippen LogP contribution in [0.5, 0.6) is 0 Å². The van der Waals surface area contributed by atoms with E-state index in [1.54, 1.807) is 20.8 Å². The highest BCUT2D eigenvalue weighted by atomic mass is 16.6. The molecule has 0 radical (unpaired) electrons. The summed E-state index contributed by atoms with van der Waals surface area (Å²) in [7, 11) is 0. The van der Waals surface area contributed by atoms with Crippen LogP contribution >= 0.6 is 0 Å². The van der Waals surface area contributed by atoms with Gasteiger partial charge in [-0.25, -0.2) is 19.2 Å². The first-order chi connectivity index (χ1) is 20.0. The van der Waals surface area contributed by atoms with E-state index < -0.39 is 40.4 Å². The Hall–Kier alpha value is -2.72. The molecule has 0 aromatic carbocycles. The number of carboxylic acids is 2. The van der Waals surface area contributed by atoms with Crippen LogP contribution in [-0.2, 0) is 38.1 Å². The van der Waals surface area contributed by atoms with E-state index in [1.807, 2.05) is 0 Å². The largest absolute Gasteiger partial charge is 0.480 e. The lowest BCUT2D eigenvalue weighted by atomic mass is 9.52. The summed E-state index contributed by atoms with van der Waals surface area (Å²) >= 11 is 0. The summed E-state index contributed by atoms with van der Waals surface area (Å²) < 4.78 is 23.3. The Morgan fingerprint density at radius 1 is 0.698 bits per heavy atom. The van der Waals surface area contributed by atoms with Gasteiger partial charge in [0.25, 0.3) is 0 Å². The average Bonchev–Trinajstić information content (AvgIpc) is 2.85. The van der Waals surface area contributed by atoms with Crippen molar-refractivity contribution >= 4 is 23.9 Å². The first-order valence-electron chi connectivity index (χ1n) is 15.6. The van der Waals surface area contributed by atoms with Crippen molar-refractivity contribution in [3.63, 3.8) is 0 Å². The molecular weight excluding hydrogens is 556 g/mol. The fourth-order valence-electron chi connectivity index (χ4n) is 9.95. The van der Waals surface area contributed by atoms with Gasteiger partial charge in [0.05, 0.1) is 11.2 Å². The Kier molecular flexibility index (Phi) is 8.35. The van der Waals surface area contributed by atoms with E-state index in [4.69, 9.17) is 29.2 Å². The second-order valence-corrected chi connectivity index (χ2v) is 14.8. The normalized spacial score (nSPS) is 40.2. The van der Waals surface area contributed by atoms with E-state index in [0.717, 1.165) is 64.2 Å². The number of carbonyl (C=O) groups is 4. The number of esters is 2. The summed E-state index contributed by atoms with van der Waals surface area (Å²) in [5.41, 5.74) is -1.01. The van der Waals surface area contributed by atoms with Crippen molar-refractivity contribution in [3.8, 4) is 0 Å². The van der Waals surface area contributed by atoms with Crippen molar-refractivity contribution in [3.05, 3.63) is 24.3 Å². The average molecular weight is 603 g/mol. The van der Waals surface area contributed by atoms with E-state index in [0.29, 0.717) is 47.7 Å². The molecule has 238 valence electrons. The number of carboxylic acid groups (broad SMARTS) is 2. The van der Waals surface area contributed by atoms with E-state index in [9.17, 15) is 19.2 Å². The standard InChI is InChI=1S/C17H24O5.C16H22O5/c1-10(2)15(20)22-17-7-12-4-13(8-17)6-16(5-12,9-17)21-11(3)14(18)19;1-10(2)14(19)21-16-6-11-3-12(7-16)5-15(4-11,9-16)20-8-13(17)18/h11-13H,1,4-9H2,2-3H3,(H,18,19);11-12H,1,3-9H2,2H3,(H,17,18). The number of hydrogen-bond donors (Lipinski definition) is 2. The lowest BCUT2D eigenvalue weighted by Gasteiger charge is -2.60. The molecule has 0 aromatic heterocycles. The van der Waals surface area contributed by atoms with Crippen LogP contribution in [-0.4, -0.2) is 69.2 Å². The highest BCUT2D eigenvalue weighted by Crippen LogP contribution is 2.61. The maximum atomic E-state index is 12.0. The monoisotopic (exact) mass is 602 g/mol. The van der Waals surface area contributed by atoms with Crippen molar-refractivity contribution in [1.29, 1.82) is 0 Å². The third kappa shape index (κ3) is 6.70. The Morgan fingerprint density at radius 3 is 1.44 bits per heavy atom. The van der Waals surface area contributed by atoms with Gasteiger partial charge in [0.15, 0.2) is 6.10 Å². The molecule has 8 aliphatic carbocycles. The van der Waals surface area contributed by atoms with Gasteiger partial charge in [-0.15, -0.1) is 0 Å². The molecule has 2 N–H and O–H groups in total. The number of ether oxygens (including phenoxy) is 4. The zero-order valence-electron chi connectivity index (χ0n) is 25.7. The third-order valence-electron chi connectivity index (χ3n) is 10.5. The first-order valence-corrected chi connectivity index (χ1v) is 15.6. The highest BCUT2D eigenvalue weighted by Gasteiger charge is 2.62. The third-order valence-corrected chi connectivity index (χ3v) is 10.5. The lowest BCUT2D eigenvalue weighted by molar-refractivity contribution is -0.243. The van der Waals surface area contributed by atoms with Crippen molar-refractivity contribution in [2.24, 2.45) is 23.7 Å². The zero-order chi connectivity index (χ0) is 31.4. The second-order valence-electron chi connectivity index (χ2n) is 14.8. The van der Waals surface area contributed by atoms with E-state index in [2.05, 4.69) is 13.2 Å². The van der Waals surface area contributed by atoms with Gasteiger partial charge in [-0.3, -0.25) is 0 Å². The van der Waals surface area contributed by atoms with Gasteiger partial charge in [0, 0.05) is 24.0 Å². The predicted molar refractivity (Wildman–Crippen MR) is 154 cm³/mol. The maximum absolute atomic E-state index is 12.0. The molecular formula is C33H46O10. The molecule has 43 heavy (non-hydrogen) atoms. The van der Waals surface area contributed by atoms with Crippen LogP contribution in [0.1, 0.15) is 97.8 Å². The summed E-state index contributed by atoms with van der Waals surface area (Å²) in [5.74, 6) is -0.715. The van der Waals surface area contributed by atoms with Crippen LogP contribution in [0.2, 0.25) is 0 Å². The quantitative estimate of drug-likeness (QED) is 0.259. The van der Waals surface area contributed by atoms with Crippen LogP contribution < -0.4 is 0 Å². The topological polar surface area (TPSA) is 146 Å². The summed E-state index contributed by atoms with van der Waals surface area (Å²) in [4.78, 5) is 45.9. The second kappa shape index (κ2) is 11.3. The van der Waals surface area contributed by atoms with Gasteiger partial charge in [0.1, 0.15) is 17.8 Å². The van der Waals surface area contributed by atoms with E-state index in [1.165, 1.54) is 0 Å². The Morgan fingerprint density at radius 2 is 1.07 bits per heavy atom. The van der Waals surface area contributed by atoms with Gasteiger partial charge in [-0.1, -0.05) is 13.2 Å². The molecule has 8 rings (SSSR count). The van der Waals surface area contributed by atoms with Gasteiger partial charge < -0.3 is 29.2 Å². The fraction of sp³-hybridized carbons (Fsp3) is 0.758. The van der Waals surface area contributed by atoms with Crippen LogP contribution in [0.15, 0.2) is 24.3 Å². The molecule has 0 amide bonds. The van der Waals surface area contributed by atoms with Crippen LogP contribution in [0.3, 0.4) is 0 Å². The Labute approximate surface area is 253 Å². The maximum Gasteiger partial charge on any atom is 0.333 e. The summed E-state index contributed by atoms with van der Waals surface area (Å²) in [5, 5.41) is 18.0. The molecule has 10 nitrogen and oxygen atoms in total. The molecule has 0 aromatic rings. The molecule has 8 aliphatic rings. The lowest BCUT2D eigenvalue weighted by Crippen LogP contribution is -2.62. The van der Waals surface area contributed by atoms with Crippen LogP contribution in [0.25, 0.3) is 0 Å². The number of rotatable bonds is 10. The predicted octanol–water partition coefficient (Wildman–Crippen LogP) is 4.99. The van der Waals surface area contributed by atoms with Crippen molar-refractivity contribution in [2.75, 3.05) is 6.61 Å². The zero-order valence-corrected chi connectivity index (χ0v) is 25.7. The van der Waals surface area contributed by atoms with Gasteiger partial charge in [-0.2, -0.15) is 0 Å². The Bertz CT molecular complexity index is 1170. The number of hydrogen-bond acceptors (Lipinski definition) is 8. The Balaban J connectivity index is 0.000000171. The van der Waals surface area contributed by atoms with Crippen molar-refractivity contribution in [2.45, 2.75) is 126 Å². The molecule has 0 spiro atoms. The minimum absolute atomic E-state index is 0.274. The molecule has 5 atom stereocenters. The SMILES string of the molecule is C=C(C)C(=O)OC12CC3CC(C1)CC(OC(C)C(=O)O)(C3)C2.C=C(C)C(=O)OC12CC3CC(CC(OCC(=O)O)(C3)C1)C2. The molecule has 8 bridgehead atoms. The van der Waals surface area contributed by atoms with Gasteiger partial charge in [-0.05, 0) is 109 Å². The summed E-state index contributed by atoms with van der Waals surface area (Å²) in [6, 6.07) is 0. The summed E-state index contributed by atoms with van der Waals surface area (Å²) in [6.07, 6.45) is 9.73. The first kappa shape index (κ1) is 31.7. The minimum atomic E-state index is -0.946. The van der Waals surface area contributed by atoms with E-state index in [-0.39, 0.29) is 18.5 Å². The summed E-state index contributed by atoms with van der Waals surface area (Å²) in [6.45, 7) is 11.9. The molecule has 5 unspecified atom stereocenters. The van der Waals surface area contributed by atoms with Crippen molar-refractivity contribution in [1.82, 2.24) is 0 Å². The van der Waals surface area contributed by atoms with E-state index >= 15 is 0 Å². The molecule has 0 heterocycles. The molecule has 0 saturated heterocycles. The van der Waals surface area contributed by atoms with Crippen molar-refractivity contribution < 1.29 is 48.3 Å². The molecule has 8 fully saturated rings.